The average Bonchev–Trinajstić information content (AvgIpc) is 3.00. The van der Waals surface area contributed by atoms with Crippen LogP contribution < -0.4 is 10.9 Å². The highest BCUT2D eigenvalue weighted by Crippen LogP contribution is 2.09. The normalized spacial score (nSPS) is 10.7. The molecular weight excluding hydrogens is 270 g/mol. The van der Waals surface area contributed by atoms with E-state index in [9.17, 15) is 9.59 Å². The van der Waals surface area contributed by atoms with Gasteiger partial charge in [-0.25, -0.2) is 4.98 Å². The molecule has 7 heteroatoms. The van der Waals surface area contributed by atoms with Crippen molar-refractivity contribution in [1.82, 2.24) is 25.5 Å². The molecule has 0 bridgehead atoms. The van der Waals surface area contributed by atoms with Crippen LogP contribution in [-0.2, 0) is 6.42 Å². The van der Waals surface area contributed by atoms with E-state index in [0.717, 1.165) is 5.39 Å². The van der Waals surface area contributed by atoms with Gasteiger partial charge in [-0.3, -0.25) is 14.7 Å². The van der Waals surface area contributed by atoms with Crippen molar-refractivity contribution in [3.8, 4) is 0 Å². The van der Waals surface area contributed by atoms with Gasteiger partial charge in [-0.2, -0.15) is 5.10 Å². The fourth-order valence-corrected chi connectivity index (χ4v) is 2.07. The molecule has 3 rings (SSSR count). The maximum Gasteiger partial charge on any atom is 0.267 e. The Morgan fingerprint density at radius 1 is 1.29 bits per heavy atom. The minimum atomic E-state index is -0.322. The van der Waals surface area contributed by atoms with Gasteiger partial charge in [-0.05, 0) is 17.5 Å². The van der Waals surface area contributed by atoms with Crippen LogP contribution in [0.1, 0.15) is 16.3 Å². The molecule has 0 saturated heterocycles. The van der Waals surface area contributed by atoms with E-state index in [-0.39, 0.29) is 17.2 Å². The molecule has 1 aromatic carbocycles. The van der Waals surface area contributed by atoms with Gasteiger partial charge in [0.2, 0.25) is 0 Å². The molecule has 0 saturated carbocycles. The largest absolute Gasteiger partial charge is 0.350 e. The third-order valence-electron chi connectivity index (χ3n) is 3.11. The van der Waals surface area contributed by atoms with Gasteiger partial charge in [0.1, 0.15) is 17.8 Å². The summed E-state index contributed by atoms with van der Waals surface area (Å²) in [6.45, 7) is 0.406. The van der Waals surface area contributed by atoms with Crippen LogP contribution in [0.25, 0.3) is 10.8 Å². The van der Waals surface area contributed by atoms with Crippen molar-refractivity contribution in [2.75, 3.05) is 6.54 Å². The molecule has 0 fully saturated rings. The van der Waals surface area contributed by atoms with Crippen LogP contribution in [0, 0.1) is 0 Å². The molecule has 0 aliphatic carbocycles. The van der Waals surface area contributed by atoms with Crippen molar-refractivity contribution >= 4 is 16.7 Å². The van der Waals surface area contributed by atoms with Crippen LogP contribution in [0.5, 0.6) is 0 Å². The summed E-state index contributed by atoms with van der Waals surface area (Å²) in [5, 5.41) is 10.5. The second kappa shape index (κ2) is 5.58. The SMILES string of the molecule is O=C(NCCc1ncn[nH]1)c1cc2ccccc2c(=O)[nH]1. The molecule has 0 spiro atoms. The molecule has 3 N–H and O–H groups in total. The van der Waals surface area contributed by atoms with Crippen LogP contribution in [0.3, 0.4) is 0 Å². The van der Waals surface area contributed by atoms with Crippen molar-refractivity contribution in [1.29, 1.82) is 0 Å². The summed E-state index contributed by atoms with van der Waals surface area (Å²) in [7, 11) is 0. The lowest BCUT2D eigenvalue weighted by atomic mass is 10.1. The van der Waals surface area contributed by atoms with Crippen molar-refractivity contribution < 1.29 is 4.79 Å². The highest BCUT2D eigenvalue weighted by molar-refractivity contribution is 5.96. The molecular formula is C14H13N5O2. The number of amides is 1. The lowest BCUT2D eigenvalue weighted by Gasteiger charge is -2.05. The van der Waals surface area contributed by atoms with Gasteiger partial charge in [-0.15, -0.1) is 0 Å². The number of carbonyl (C=O) groups excluding carboxylic acids is 1. The van der Waals surface area contributed by atoms with Gasteiger partial charge in [0, 0.05) is 18.4 Å². The van der Waals surface area contributed by atoms with Crippen LogP contribution in [-0.4, -0.2) is 32.6 Å². The van der Waals surface area contributed by atoms with Crippen molar-refractivity contribution in [3.63, 3.8) is 0 Å². The summed E-state index contributed by atoms with van der Waals surface area (Å²) < 4.78 is 0. The molecule has 106 valence electrons. The molecule has 1 amide bonds. The van der Waals surface area contributed by atoms with Crippen LogP contribution in [0.2, 0.25) is 0 Å². The molecule has 3 aromatic rings. The summed E-state index contributed by atoms with van der Waals surface area (Å²) in [5.74, 6) is 0.375. The zero-order chi connectivity index (χ0) is 14.7. The first-order valence-electron chi connectivity index (χ1n) is 6.48. The minimum Gasteiger partial charge on any atom is -0.350 e. The van der Waals surface area contributed by atoms with Gasteiger partial charge in [0.25, 0.3) is 11.5 Å². The van der Waals surface area contributed by atoms with Crippen molar-refractivity contribution in [2.45, 2.75) is 6.42 Å². The van der Waals surface area contributed by atoms with Crippen LogP contribution in [0.15, 0.2) is 41.5 Å². The standard InChI is InChI=1S/C14H13N5O2/c20-13-10-4-2-1-3-9(10)7-11(18-13)14(21)15-6-5-12-16-8-17-19-12/h1-4,7-8H,5-6H2,(H,15,21)(H,18,20)(H,16,17,19). The summed E-state index contributed by atoms with van der Waals surface area (Å²) in [6.07, 6.45) is 1.96. The van der Waals surface area contributed by atoms with E-state index in [1.165, 1.54) is 6.33 Å². The van der Waals surface area contributed by atoms with E-state index in [2.05, 4.69) is 25.5 Å². The first-order chi connectivity index (χ1) is 10.2. The number of benzene rings is 1. The first kappa shape index (κ1) is 13.0. The highest BCUT2D eigenvalue weighted by atomic mass is 16.2. The Morgan fingerprint density at radius 3 is 2.95 bits per heavy atom. The number of aromatic nitrogens is 4. The number of hydrogen-bond acceptors (Lipinski definition) is 4. The molecule has 0 aliphatic rings. The van der Waals surface area contributed by atoms with E-state index < -0.39 is 0 Å². The Kier molecular flexibility index (Phi) is 3.46. The third-order valence-corrected chi connectivity index (χ3v) is 3.11. The number of hydrogen-bond donors (Lipinski definition) is 3. The van der Waals surface area contributed by atoms with Gasteiger partial charge in [-0.1, -0.05) is 18.2 Å². The maximum atomic E-state index is 12.0. The molecule has 0 aliphatic heterocycles. The Labute approximate surface area is 119 Å². The average molecular weight is 283 g/mol. The maximum absolute atomic E-state index is 12.0. The molecule has 0 atom stereocenters. The first-order valence-corrected chi connectivity index (χ1v) is 6.48. The van der Waals surface area contributed by atoms with Gasteiger partial charge in [0.15, 0.2) is 0 Å². The summed E-state index contributed by atoms with van der Waals surface area (Å²) in [6, 6.07) is 8.80. The fourth-order valence-electron chi connectivity index (χ4n) is 2.07. The van der Waals surface area contributed by atoms with E-state index in [0.29, 0.717) is 24.2 Å². The zero-order valence-corrected chi connectivity index (χ0v) is 11.1. The van der Waals surface area contributed by atoms with Crippen molar-refractivity contribution in [2.24, 2.45) is 0 Å². The van der Waals surface area contributed by atoms with Crippen molar-refractivity contribution in [3.05, 3.63) is 58.5 Å². The fraction of sp³-hybridized carbons (Fsp3) is 0.143. The third kappa shape index (κ3) is 2.81. The predicted octanol–water partition coefficient (Wildman–Crippen LogP) is 0.619. The topological polar surface area (TPSA) is 104 Å². The Balaban J connectivity index is 1.74. The molecule has 21 heavy (non-hydrogen) atoms. The number of pyridine rings is 1. The summed E-state index contributed by atoms with van der Waals surface area (Å²) in [4.78, 5) is 30.5. The Hall–Kier alpha value is -2.96. The lowest BCUT2D eigenvalue weighted by molar-refractivity contribution is 0.0949. The molecule has 7 nitrogen and oxygen atoms in total. The van der Waals surface area contributed by atoms with Crippen LogP contribution >= 0.6 is 0 Å². The number of rotatable bonds is 4. The van der Waals surface area contributed by atoms with Crippen LogP contribution in [0.4, 0.5) is 0 Å². The number of carbonyl (C=O) groups is 1. The number of H-pyrrole nitrogens is 2. The quantitative estimate of drug-likeness (QED) is 0.653. The molecule has 2 aromatic heterocycles. The number of nitrogens with zero attached hydrogens (tertiary/aromatic N) is 2. The minimum absolute atomic E-state index is 0.247. The van der Waals surface area contributed by atoms with E-state index in [4.69, 9.17) is 0 Å². The van der Waals surface area contributed by atoms with E-state index >= 15 is 0 Å². The Morgan fingerprint density at radius 2 is 2.14 bits per heavy atom. The van der Waals surface area contributed by atoms with Gasteiger partial charge < -0.3 is 10.3 Å². The van der Waals surface area contributed by atoms with E-state index in [1.807, 2.05) is 6.07 Å². The second-order valence-corrected chi connectivity index (χ2v) is 4.54. The second-order valence-electron chi connectivity index (χ2n) is 4.54. The summed E-state index contributed by atoms with van der Waals surface area (Å²) >= 11 is 0. The Bertz CT molecular complexity index is 823. The smallest absolute Gasteiger partial charge is 0.267 e. The van der Waals surface area contributed by atoms with Gasteiger partial charge in [0.05, 0.1) is 0 Å². The monoisotopic (exact) mass is 283 g/mol. The summed E-state index contributed by atoms with van der Waals surface area (Å²) in [5.41, 5.74) is -0.0234. The highest BCUT2D eigenvalue weighted by Gasteiger charge is 2.09. The molecule has 2 heterocycles. The van der Waals surface area contributed by atoms with Gasteiger partial charge >= 0.3 is 0 Å². The number of aromatic amines is 2. The number of nitrogens with one attached hydrogen (secondary N) is 3. The molecule has 0 radical (unpaired) electrons. The molecule has 0 unspecified atom stereocenters. The lowest BCUT2D eigenvalue weighted by Crippen LogP contribution is -2.28. The predicted molar refractivity (Wildman–Crippen MR) is 77.0 cm³/mol. The van der Waals surface area contributed by atoms with E-state index in [1.54, 1.807) is 24.3 Å². The number of fused-ring (bicyclic) bond motifs is 1. The zero-order valence-electron chi connectivity index (χ0n) is 11.1.